The Hall–Kier alpha value is -2.49. The molecule has 1 aromatic carbocycles. The topological polar surface area (TPSA) is 45.6 Å². The number of carbonyl (C=O) groups is 1. The van der Waals surface area contributed by atoms with Crippen molar-refractivity contribution in [2.75, 3.05) is 18.0 Å². The average molecular weight is 265 g/mol. The summed E-state index contributed by atoms with van der Waals surface area (Å²) in [5.41, 5.74) is 3.37. The first-order chi connectivity index (χ1) is 9.79. The van der Waals surface area contributed by atoms with Gasteiger partial charge in [-0.3, -0.25) is 9.78 Å². The predicted molar refractivity (Wildman–Crippen MR) is 79.2 cm³/mol. The molecule has 1 aliphatic rings. The van der Waals surface area contributed by atoms with Crippen molar-refractivity contribution in [3.8, 4) is 0 Å². The molecule has 0 unspecified atom stereocenters. The minimum atomic E-state index is -0.135. The van der Waals surface area contributed by atoms with Crippen molar-refractivity contribution in [2.24, 2.45) is 4.99 Å². The summed E-state index contributed by atoms with van der Waals surface area (Å²) < 4.78 is 0. The number of aliphatic imine (C=N–C) groups is 1. The number of amides is 1. The van der Waals surface area contributed by atoms with Crippen LogP contribution in [0.2, 0.25) is 0 Å². The maximum Gasteiger partial charge on any atom is 0.265 e. The lowest BCUT2D eigenvalue weighted by Crippen LogP contribution is -2.28. The lowest BCUT2D eigenvalue weighted by molar-refractivity contribution is -0.116. The van der Waals surface area contributed by atoms with E-state index < -0.39 is 0 Å². The van der Waals surface area contributed by atoms with E-state index in [9.17, 15) is 4.79 Å². The monoisotopic (exact) mass is 265 g/mol. The zero-order valence-corrected chi connectivity index (χ0v) is 11.3. The van der Waals surface area contributed by atoms with Crippen LogP contribution in [0.1, 0.15) is 18.2 Å². The third-order valence-corrected chi connectivity index (χ3v) is 3.35. The van der Waals surface area contributed by atoms with Gasteiger partial charge < -0.3 is 4.90 Å². The standard InChI is InChI=1S/C16H15N3O/c1-2-19-11-15(20)18-16(13-8-5-6-10-17-13)12-7-3-4-9-14(12)19/h3-10H,2,11H2,1H3. The number of aromatic nitrogens is 1. The number of fused-ring (bicyclic) bond motifs is 1. The molecule has 1 amide bonds. The molecule has 0 fully saturated rings. The van der Waals surface area contributed by atoms with Gasteiger partial charge in [0.15, 0.2) is 0 Å². The highest BCUT2D eigenvalue weighted by Gasteiger charge is 2.22. The van der Waals surface area contributed by atoms with Crippen molar-refractivity contribution in [3.63, 3.8) is 0 Å². The van der Waals surface area contributed by atoms with Crippen LogP contribution in [0.25, 0.3) is 0 Å². The summed E-state index contributed by atoms with van der Waals surface area (Å²) in [6.45, 7) is 3.12. The SMILES string of the molecule is CCN1CC(=O)N=C(c2ccccn2)c2ccccc21. The van der Waals surface area contributed by atoms with Gasteiger partial charge in [-0.2, -0.15) is 0 Å². The Morgan fingerprint density at radius 2 is 1.95 bits per heavy atom. The Morgan fingerprint density at radius 1 is 1.15 bits per heavy atom. The van der Waals surface area contributed by atoms with Crippen LogP contribution in [0.15, 0.2) is 53.7 Å². The third-order valence-electron chi connectivity index (χ3n) is 3.35. The maximum atomic E-state index is 12.0. The van der Waals surface area contributed by atoms with Gasteiger partial charge in [-0.25, -0.2) is 4.99 Å². The molecule has 0 saturated heterocycles. The zero-order valence-electron chi connectivity index (χ0n) is 11.3. The second-order valence-corrected chi connectivity index (χ2v) is 4.60. The summed E-state index contributed by atoms with van der Waals surface area (Å²) in [4.78, 5) is 22.7. The number of pyridine rings is 1. The molecule has 20 heavy (non-hydrogen) atoms. The van der Waals surface area contributed by atoms with Crippen LogP contribution in [-0.4, -0.2) is 29.7 Å². The molecule has 4 heteroatoms. The van der Waals surface area contributed by atoms with Crippen LogP contribution in [0.4, 0.5) is 5.69 Å². The van der Waals surface area contributed by atoms with E-state index in [1.807, 2.05) is 54.3 Å². The van der Waals surface area contributed by atoms with Crippen LogP contribution in [0.3, 0.4) is 0 Å². The summed E-state index contributed by atoms with van der Waals surface area (Å²) in [6.07, 6.45) is 1.72. The van der Waals surface area contributed by atoms with E-state index in [2.05, 4.69) is 9.98 Å². The Kier molecular flexibility index (Phi) is 3.29. The number of benzene rings is 1. The molecule has 1 aromatic heterocycles. The molecular weight excluding hydrogens is 250 g/mol. The molecule has 100 valence electrons. The molecule has 0 spiro atoms. The van der Waals surface area contributed by atoms with E-state index in [4.69, 9.17) is 0 Å². The Balaban J connectivity index is 2.20. The molecule has 4 nitrogen and oxygen atoms in total. The van der Waals surface area contributed by atoms with Crippen LogP contribution in [-0.2, 0) is 4.79 Å². The van der Waals surface area contributed by atoms with Gasteiger partial charge in [-0.1, -0.05) is 24.3 Å². The molecule has 0 radical (unpaired) electrons. The molecule has 0 aliphatic carbocycles. The van der Waals surface area contributed by atoms with Gasteiger partial charge in [0.05, 0.1) is 12.2 Å². The largest absolute Gasteiger partial charge is 0.362 e. The molecule has 0 bridgehead atoms. The molecule has 0 atom stereocenters. The van der Waals surface area contributed by atoms with Crippen LogP contribution < -0.4 is 4.90 Å². The zero-order chi connectivity index (χ0) is 13.9. The molecule has 1 aliphatic heterocycles. The summed E-state index contributed by atoms with van der Waals surface area (Å²) in [5, 5.41) is 0. The van der Waals surface area contributed by atoms with Crippen molar-refractivity contribution in [3.05, 3.63) is 59.9 Å². The van der Waals surface area contributed by atoms with E-state index in [0.717, 1.165) is 23.5 Å². The molecule has 0 saturated carbocycles. The molecule has 2 heterocycles. The third kappa shape index (κ3) is 2.20. The quantitative estimate of drug-likeness (QED) is 0.837. The van der Waals surface area contributed by atoms with Crippen LogP contribution >= 0.6 is 0 Å². The first-order valence-electron chi connectivity index (χ1n) is 6.67. The number of anilines is 1. The van der Waals surface area contributed by atoms with E-state index in [1.165, 1.54) is 0 Å². The van der Waals surface area contributed by atoms with Gasteiger partial charge in [-0.05, 0) is 25.1 Å². The minimum Gasteiger partial charge on any atom is -0.362 e. The van der Waals surface area contributed by atoms with Gasteiger partial charge in [0.2, 0.25) is 0 Å². The normalized spacial score (nSPS) is 14.6. The molecule has 3 rings (SSSR count). The number of hydrogen-bond acceptors (Lipinski definition) is 3. The van der Waals surface area contributed by atoms with Crippen molar-refractivity contribution < 1.29 is 4.79 Å². The predicted octanol–water partition coefficient (Wildman–Crippen LogP) is 2.29. The summed E-state index contributed by atoms with van der Waals surface area (Å²) in [6, 6.07) is 13.6. The Bertz CT molecular complexity index is 664. The number of para-hydroxylation sites is 1. The summed E-state index contributed by atoms with van der Waals surface area (Å²) in [5.74, 6) is -0.135. The van der Waals surface area contributed by atoms with Crippen molar-refractivity contribution in [1.82, 2.24) is 4.98 Å². The summed E-state index contributed by atoms with van der Waals surface area (Å²) in [7, 11) is 0. The van der Waals surface area contributed by atoms with E-state index >= 15 is 0 Å². The fourth-order valence-corrected chi connectivity index (χ4v) is 2.40. The lowest BCUT2D eigenvalue weighted by Gasteiger charge is -2.21. The average Bonchev–Trinajstić information content (AvgIpc) is 2.65. The first kappa shape index (κ1) is 12.5. The van der Waals surface area contributed by atoms with E-state index in [-0.39, 0.29) is 5.91 Å². The molecular formula is C16H15N3O. The van der Waals surface area contributed by atoms with Crippen molar-refractivity contribution >= 4 is 17.3 Å². The highest BCUT2D eigenvalue weighted by molar-refractivity contribution is 6.19. The van der Waals surface area contributed by atoms with E-state index in [1.54, 1.807) is 6.20 Å². The number of hydrogen-bond donors (Lipinski definition) is 0. The molecule has 2 aromatic rings. The van der Waals surface area contributed by atoms with Gasteiger partial charge in [0, 0.05) is 24.0 Å². The fourth-order valence-electron chi connectivity index (χ4n) is 2.40. The van der Waals surface area contributed by atoms with Crippen molar-refractivity contribution in [2.45, 2.75) is 6.92 Å². The minimum absolute atomic E-state index is 0.135. The van der Waals surface area contributed by atoms with Crippen LogP contribution in [0, 0.1) is 0 Å². The highest BCUT2D eigenvalue weighted by Crippen LogP contribution is 2.25. The number of rotatable bonds is 2. The Labute approximate surface area is 117 Å². The second-order valence-electron chi connectivity index (χ2n) is 4.60. The molecule has 0 N–H and O–H groups in total. The highest BCUT2D eigenvalue weighted by atomic mass is 16.1. The lowest BCUT2D eigenvalue weighted by atomic mass is 10.0. The maximum absolute atomic E-state index is 12.0. The number of carbonyl (C=O) groups excluding carboxylic acids is 1. The van der Waals surface area contributed by atoms with Gasteiger partial charge in [0.25, 0.3) is 5.91 Å². The first-order valence-corrected chi connectivity index (χ1v) is 6.67. The van der Waals surface area contributed by atoms with Crippen molar-refractivity contribution in [1.29, 1.82) is 0 Å². The van der Waals surface area contributed by atoms with Gasteiger partial charge in [0.1, 0.15) is 5.71 Å². The number of benzodiazepines with no additional fused rings is 1. The van der Waals surface area contributed by atoms with Gasteiger partial charge in [-0.15, -0.1) is 0 Å². The van der Waals surface area contributed by atoms with E-state index in [0.29, 0.717) is 12.3 Å². The fraction of sp³-hybridized carbons (Fsp3) is 0.188. The number of likely N-dealkylation sites (N-methyl/N-ethyl adjacent to an activating group) is 1. The summed E-state index contributed by atoms with van der Waals surface area (Å²) >= 11 is 0. The smallest absolute Gasteiger partial charge is 0.265 e. The van der Waals surface area contributed by atoms with Crippen LogP contribution in [0.5, 0.6) is 0 Å². The van der Waals surface area contributed by atoms with Gasteiger partial charge >= 0.3 is 0 Å². The number of nitrogens with zero attached hydrogens (tertiary/aromatic N) is 3. The Morgan fingerprint density at radius 3 is 2.70 bits per heavy atom. The second kappa shape index (κ2) is 5.25.